The van der Waals surface area contributed by atoms with Crippen LogP contribution in [0.25, 0.3) is 0 Å². The molecule has 17 heavy (non-hydrogen) atoms. The van der Waals surface area contributed by atoms with Gasteiger partial charge in [0.25, 0.3) is 0 Å². The zero-order valence-corrected chi connectivity index (χ0v) is 10.3. The van der Waals surface area contributed by atoms with Crippen LogP contribution >= 0.6 is 11.6 Å². The first kappa shape index (κ1) is 13.6. The molecular formula is C11H14ClNO4. The number of hydrogen-bond donors (Lipinski definition) is 3. The Morgan fingerprint density at radius 2 is 2.24 bits per heavy atom. The molecule has 0 saturated heterocycles. The Labute approximate surface area is 104 Å². The first-order chi connectivity index (χ1) is 7.93. The average Bonchev–Trinajstić information content (AvgIpc) is 2.29. The van der Waals surface area contributed by atoms with Gasteiger partial charge in [0.05, 0.1) is 12.1 Å². The van der Waals surface area contributed by atoms with Crippen LogP contribution in [-0.4, -0.2) is 23.3 Å². The number of methoxy groups -OCH3 is 1. The lowest BCUT2D eigenvalue weighted by Gasteiger charge is -2.16. The predicted molar refractivity (Wildman–Crippen MR) is 63.6 cm³/mol. The molecule has 0 aromatic heterocycles. The third-order valence-corrected chi connectivity index (χ3v) is 2.94. The van der Waals surface area contributed by atoms with Crippen LogP contribution < -0.4 is 10.5 Å². The maximum atomic E-state index is 10.9. The molecule has 4 N–H and O–H groups in total. The minimum Gasteiger partial charge on any atom is -0.504 e. The molecule has 0 fully saturated rings. The Hall–Kier alpha value is -1.46. The molecule has 0 aliphatic heterocycles. The second-order valence-electron chi connectivity index (χ2n) is 3.48. The molecule has 1 aromatic carbocycles. The van der Waals surface area contributed by atoms with E-state index in [0.717, 1.165) is 0 Å². The smallest absolute Gasteiger partial charge is 0.325 e. The van der Waals surface area contributed by atoms with Crippen LogP contribution in [0.15, 0.2) is 6.07 Å². The summed E-state index contributed by atoms with van der Waals surface area (Å²) in [5.74, 6) is -1.43. The number of phenolic OH excluding ortho intramolecular Hbond substituents is 1. The molecule has 5 nitrogen and oxygen atoms in total. The third kappa shape index (κ3) is 2.45. The highest BCUT2D eigenvalue weighted by molar-refractivity contribution is 6.32. The van der Waals surface area contributed by atoms with Crippen LogP contribution in [0.3, 0.4) is 0 Å². The molecule has 1 aromatic rings. The van der Waals surface area contributed by atoms with E-state index in [1.165, 1.54) is 7.11 Å². The van der Waals surface area contributed by atoms with Gasteiger partial charge < -0.3 is 20.7 Å². The molecule has 1 atom stereocenters. The number of halogens is 1. The number of aliphatic carboxylic acids is 1. The SMILES string of the molecule is CCc1cc(OC)c(O)c(C(N)C(=O)O)c1Cl. The summed E-state index contributed by atoms with van der Waals surface area (Å²) in [6, 6.07) is 0.179. The summed E-state index contributed by atoms with van der Waals surface area (Å²) in [5, 5.41) is 18.9. The highest BCUT2D eigenvalue weighted by atomic mass is 35.5. The van der Waals surface area contributed by atoms with Gasteiger partial charge in [-0.15, -0.1) is 0 Å². The van der Waals surface area contributed by atoms with Crippen molar-refractivity contribution in [3.63, 3.8) is 0 Å². The number of benzene rings is 1. The zero-order chi connectivity index (χ0) is 13.2. The predicted octanol–water partition coefficient (Wildman–Crippen LogP) is 1.70. The number of carbonyl (C=O) groups is 1. The van der Waals surface area contributed by atoms with Gasteiger partial charge >= 0.3 is 5.97 Å². The van der Waals surface area contributed by atoms with Crippen molar-refractivity contribution >= 4 is 17.6 Å². The average molecular weight is 260 g/mol. The van der Waals surface area contributed by atoms with E-state index >= 15 is 0 Å². The molecule has 0 saturated carbocycles. The fourth-order valence-electron chi connectivity index (χ4n) is 1.52. The van der Waals surface area contributed by atoms with Gasteiger partial charge in [0.15, 0.2) is 11.5 Å². The summed E-state index contributed by atoms with van der Waals surface area (Å²) in [6.07, 6.45) is 0.578. The van der Waals surface area contributed by atoms with Gasteiger partial charge in [-0.25, -0.2) is 0 Å². The van der Waals surface area contributed by atoms with E-state index in [9.17, 15) is 9.90 Å². The monoisotopic (exact) mass is 259 g/mol. The van der Waals surface area contributed by atoms with Gasteiger partial charge in [-0.05, 0) is 18.1 Å². The third-order valence-electron chi connectivity index (χ3n) is 2.49. The van der Waals surface area contributed by atoms with Crippen LogP contribution in [0, 0.1) is 0 Å². The minimum atomic E-state index is -1.39. The summed E-state index contributed by atoms with van der Waals surface area (Å²) >= 11 is 6.02. The number of aromatic hydroxyl groups is 1. The molecule has 0 radical (unpaired) electrons. The van der Waals surface area contributed by atoms with Crippen molar-refractivity contribution < 1.29 is 19.7 Å². The Bertz CT molecular complexity index is 419. The van der Waals surface area contributed by atoms with E-state index in [2.05, 4.69) is 0 Å². The van der Waals surface area contributed by atoms with Crippen LogP contribution in [0.4, 0.5) is 0 Å². The highest BCUT2D eigenvalue weighted by Crippen LogP contribution is 2.40. The fraction of sp³-hybridized carbons (Fsp3) is 0.364. The summed E-state index contributed by atoms with van der Waals surface area (Å²) in [7, 11) is 1.37. The summed E-state index contributed by atoms with van der Waals surface area (Å²) in [4.78, 5) is 10.9. The Kier molecular flexibility index (Phi) is 4.20. The van der Waals surface area contributed by atoms with Crippen molar-refractivity contribution in [2.45, 2.75) is 19.4 Å². The second kappa shape index (κ2) is 5.25. The van der Waals surface area contributed by atoms with E-state index in [1.54, 1.807) is 6.07 Å². The fourth-order valence-corrected chi connectivity index (χ4v) is 1.92. The standard InChI is InChI=1S/C11H14ClNO4/c1-3-5-4-6(17-2)10(14)7(8(5)12)9(13)11(15)16/h4,9,14H,3,13H2,1-2H3,(H,15,16). The summed E-state index contributed by atoms with van der Waals surface area (Å²) in [5.41, 5.74) is 6.14. The van der Waals surface area contributed by atoms with E-state index in [-0.39, 0.29) is 22.1 Å². The molecule has 6 heteroatoms. The van der Waals surface area contributed by atoms with Crippen molar-refractivity contribution in [1.82, 2.24) is 0 Å². The summed E-state index contributed by atoms with van der Waals surface area (Å²) in [6.45, 7) is 1.85. The van der Waals surface area contributed by atoms with Gasteiger partial charge in [-0.3, -0.25) is 4.79 Å². The van der Waals surface area contributed by atoms with Crippen molar-refractivity contribution in [2.24, 2.45) is 5.73 Å². The Morgan fingerprint density at radius 3 is 2.65 bits per heavy atom. The molecule has 94 valence electrons. The number of rotatable bonds is 4. The van der Waals surface area contributed by atoms with Gasteiger partial charge in [-0.1, -0.05) is 18.5 Å². The number of carboxylic acids is 1. The molecule has 0 aliphatic carbocycles. The maximum Gasteiger partial charge on any atom is 0.325 e. The first-order valence-corrected chi connectivity index (χ1v) is 5.38. The molecule has 0 aliphatic rings. The number of aryl methyl sites for hydroxylation is 1. The molecule has 0 spiro atoms. The van der Waals surface area contributed by atoms with Crippen molar-refractivity contribution in [1.29, 1.82) is 0 Å². The molecule has 0 heterocycles. The number of carboxylic acid groups (broad SMARTS) is 1. The van der Waals surface area contributed by atoms with E-state index in [0.29, 0.717) is 12.0 Å². The number of nitrogens with two attached hydrogens (primary N) is 1. The second-order valence-corrected chi connectivity index (χ2v) is 3.86. The van der Waals surface area contributed by atoms with Crippen molar-refractivity contribution in [3.8, 4) is 11.5 Å². The Morgan fingerprint density at radius 1 is 1.65 bits per heavy atom. The number of ether oxygens (including phenoxy) is 1. The molecule has 1 unspecified atom stereocenters. The van der Waals surface area contributed by atoms with Crippen LogP contribution in [0.1, 0.15) is 24.1 Å². The van der Waals surface area contributed by atoms with Crippen molar-refractivity contribution in [2.75, 3.05) is 7.11 Å². The van der Waals surface area contributed by atoms with E-state index < -0.39 is 12.0 Å². The largest absolute Gasteiger partial charge is 0.504 e. The number of phenols is 1. The van der Waals surface area contributed by atoms with Crippen LogP contribution in [0.5, 0.6) is 11.5 Å². The topological polar surface area (TPSA) is 92.8 Å². The lowest BCUT2D eigenvalue weighted by Crippen LogP contribution is -2.21. The van der Waals surface area contributed by atoms with Gasteiger partial charge in [0.1, 0.15) is 6.04 Å². The summed E-state index contributed by atoms with van der Waals surface area (Å²) < 4.78 is 4.96. The van der Waals surface area contributed by atoms with Gasteiger partial charge in [0, 0.05) is 5.56 Å². The van der Waals surface area contributed by atoms with Crippen molar-refractivity contribution in [3.05, 3.63) is 22.2 Å². The van der Waals surface area contributed by atoms with E-state index in [1.807, 2.05) is 6.92 Å². The highest BCUT2D eigenvalue weighted by Gasteiger charge is 2.25. The quantitative estimate of drug-likeness (QED) is 0.765. The van der Waals surface area contributed by atoms with Gasteiger partial charge in [0.2, 0.25) is 0 Å². The normalized spacial score (nSPS) is 12.2. The molecule has 1 rings (SSSR count). The number of hydrogen-bond acceptors (Lipinski definition) is 4. The van der Waals surface area contributed by atoms with Crippen LogP contribution in [0.2, 0.25) is 5.02 Å². The first-order valence-electron chi connectivity index (χ1n) is 5.00. The molecule has 0 bridgehead atoms. The Balaban J connectivity index is 3.50. The lowest BCUT2D eigenvalue weighted by molar-refractivity contribution is -0.138. The molecule has 0 amide bonds. The minimum absolute atomic E-state index is 0.0182. The van der Waals surface area contributed by atoms with Gasteiger partial charge in [-0.2, -0.15) is 0 Å². The maximum absolute atomic E-state index is 10.9. The lowest BCUT2D eigenvalue weighted by atomic mass is 10.0. The zero-order valence-electron chi connectivity index (χ0n) is 9.53. The van der Waals surface area contributed by atoms with E-state index in [4.69, 9.17) is 27.2 Å². The molecular weight excluding hydrogens is 246 g/mol. The van der Waals surface area contributed by atoms with Crippen LogP contribution in [-0.2, 0) is 11.2 Å².